The van der Waals surface area contributed by atoms with Crippen molar-refractivity contribution in [1.82, 2.24) is 9.80 Å². The summed E-state index contributed by atoms with van der Waals surface area (Å²) in [7, 11) is 0. The molecule has 0 spiro atoms. The van der Waals surface area contributed by atoms with Gasteiger partial charge in [0.2, 0.25) is 11.8 Å². The van der Waals surface area contributed by atoms with Crippen LogP contribution in [0.2, 0.25) is 0 Å². The second-order valence-electron chi connectivity index (χ2n) is 7.89. The molecule has 2 amide bonds. The Morgan fingerprint density at radius 1 is 1.20 bits per heavy atom. The van der Waals surface area contributed by atoms with Gasteiger partial charge in [-0.2, -0.15) is 0 Å². The fourth-order valence-corrected chi connectivity index (χ4v) is 4.43. The molecule has 3 atom stereocenters. The number of carbonyl (C=O) groups is 2. The van der Waals surface area contributed by atoms with Crippen molar-refractivity contribution in [3.63, 3.8) is 0 Å². The van der Waals surface area contributed by atoms with E-state index in [2.05, 4.69) is 16.7 Å². The minimum Gasteiger partial charge on any atom is -0.366 e. The van der Waals surface area contributed by atoms with E-state index in [9.17, 15) is 9.59 Å². The maximum Gasteiger partial charge on any atom is 0.248 e. The molecule has 1 aliphatic heterocycles. The first-order valence-corrected chi connectivity index (χ1v) is 9.49. The Kier molecular flexibility index (Phi) is 4.28. The van der Waals surface area contributed by atoms with Crippen LogP contribution in [-0.4, -0.2) is 53.3 Å². The highest BCUT2D eigenvalue weighted by molar-refractivity contribution is 5.93. The molecule has 1 heterocycles. The third-order valence-electron chi connectivity index (χ3n) is 6.24. The van der Waals surface area contributed by atoms with Gasteiger partial charge in [-0.25, -0.2) is 0 Å². The van der Waals surface area contributed by atoms with Crippen LogP contribution in [0.4, 0.5) is 0 Å². The van der Waals surface area contributed by atoms with Gasteiger partial charge in [0, 0.05) is 43.2 Å². The molecule has 134 valence electrons. The van der Waals surface area contributed by atoms with E-state index in [-0.39, 0.29) is 17.7 Å². The van der Waals surface area contributed by atoms with Crippen molar-refractivity contribution < 1.29 is 9.59 Å². The summed E-state index contributed by atoms with van der Waals surface area (Å²) in [6.45, 7) is 4.95. The molecule has 2 saturated carbocycles. The average molecular weight is 341 g/mol. The number of benzene rings is 1. The average Bonchev–Trinajstić information content (AvgIpc) is 3.35. The van der Waals surface area contributed by atoms with Crippen LogP contribution in [0.1, 0.15) is 54.4 Å². The second-order valence-corrected chi connectivity index (χ2v) is 7.89. The summed E-state index contributed by atoms with van der Waals surface area (Å²) in [5.41, 5.74) is 6.96. The molecule has 0 radical (unpaired) electrons. The lowest BCUT2D eigenvalue weighted by atomic mass is 9.89. The van der Waals surface area contributed by atoms with Gasteiger partial charge in [-0.3, -0.25) is 14.5 Å². The lowest BCUT2D eigenvalue weighted by molar-refractivity contribution is -0.136. The predicted octanol–water partition coefficient (Wildman–Crippen LogP) is 1.97. The molecule has 1 aromatic rings. The van der Waals surface area contributed by atoms with Crippen molar-refractivity contribution in [2.24, 2.45) is 11.7 Å². The summed E-state index contributed by atoms with van der Waals surface area (Å²) in [6, 6.07) is 8.64. The molecular weight excluding hydrogens is 314 g/mol. The molecule has 2 aliphatic carbocycles. The number of hydrogen-bond donors (Lipinski definition) is 1. The van der Waals surface area contributed by atoms with Gasteiger partial charge < -0.3 is 10.6 Å². The van der Waals surface area contributed by atoms with E-state index in [1.165, 1.54) is 19.3 Å². The Morgan fingerprint density at radius 3 is 2.64 bits per heavy atom. The number of primary amides is 1. The fraction of sp³-hybridized carbons (Fsp3) is 0.600. The monoisotopic (exact) mass is 341 g/mol. The molecule has 5 nitrogen and oxygen atoms in total. The zero-order chi connectivity index (χ0) is 17.6. The first-order valence-electron chi connectivity index (χ1n) is 9.49. The smallest absolute Gasteiger partial charge is 0.248 e. The molecule has 1 saturated heterocycles. The Labute approximate surface area is 149 Å². The summed E-state index contributed by atoms with van der Waals surface area (Å²) in [5, 5.41) is 0. The van der Waals surface area contributed by atoms with E-state index in [0.717, 1.165) is 37.7 Å². The van der Waals surface area contributed by atoms with Crippen LogP contribution in [0, 0.1) is 5.92 Å². The standard InChI is InChI=1S/C20H27N3O2/c1-13-12-22(8-9-23(13)16-6-3-7-16)20(25)18-11-17(18)14-4-2-5-15(10-14)19(21)24/h2,4-5,10,13,16-18H,3,6-9,11-12H2,1H3,(H2,21,24)/t13-,17?,18-/m0/s1. The van der Waals surface area contributed by atoms with Crippen LogP contribution >= 0.6 is 0 Å². The Bertz CT molecular complexity index is 685. The van der Waals surface area contributed by atoms with Crippen LogP contribution in [0.15, 0.2) is 24.3 Å². The first-order chi connectivity index (χ1) is 12.0. The van der Waals surface area contributed by atoms with Gasteiger partial charge in [-0.05, 0) is 49.8 Å². The van der Waals surface area contributed by atoms with E-state index >= 15 is 0 Å². The molecule has 25 heavy (non-hydrogen) atoms. The molecule has 4 rings (SSSR count). The summed E-state index contributed by atoms with van der Waals surface area (Å²) < 4.78 is 0. The van der Waals surface area contributed by atoms with Gasteiger partial charge in [-0.15, -0.1) is 0 Å². The number of nitrogens with two attached hydrogens (primary N) is 1. The lowest BCUT2D eigenvalue weighted by Crippen LogP contribution is -2.58. The third kappa shape index (κ3) is 3.17. The highest BCUT2D eigenvalue weighted by Gasteiger charge is 2.47. The molecule has 3 fully saturated rings. The summed E-state index contributed by atoms with van der Waals surface area (Å²) >= 11 is 0. The van der Waals surface area contributed by atoms with Gasteiger partial charge in [0.1, 0.15) is 0 Å². The van der Waals surface area contributed by atoms with Crippen LogP contribution < -0.4 is 5.73 Å². The van der Waals surface area contributed by atoms with E-state index in [1.54, 1.807) is 6.07 Å². The van der Waals surface area contributed by atoms with E-state index in [1.807, 2.05) is 18.2 Å². The van der Waals surface area contributed by atoms with Crippen molar-refractivity contribution >= 4 is 11.8 Å². The van der Waals surface area contributed by atoms with Crippen molar-refractivity contribution in [2.45, 2.75) is 50.6 Å². The van der Waals surface area contributed by atoms with Gasteiger partial charge in [-0.1, -0.05) is 18.6 Å². The molecule has 2 N–H and O–H groups in total. The lowest BCUT2D eigenvalue weighted by Gasteiger charge is -2.47. The van der Waals surface area contributed by atoms with E-state index in [4.69, 9.17) is 5.73 Å². The molecule has 0 bridgehead atoms. The quantitative estimate of drug-likeness (QED) is 0.910. The van der Waals surface area contributed by atoms with Crippen molar-refractivity contribution in [2.75, 3.05) is 19.6 Å². The van der Waals surface area contributed by atoms with E-state index in [0.29, 0.717) is 11.6 Å². The summed E-state index contributed by atoms with van der Waals surface area (Å²) in [5.74, 6) is 0.193. The van der Waals surface area contributed by atoms with Gasteiger partial charge in [0.25, 0.3) is 0 Å². The minimum atomic E-state index is -0.411. The predicted molar refractivity (Wildman–Crippen MR) is 96.2 cm³/mol. The number of piperazine rings is 1. The van der Waals surface area contributed by atoms with Gasteiger partial charge in [0.15, 0.2) is 0 Å². The zero-order valence-corrected chi connectivity index (χ0v) is 14.9. The molecule has 0 aromatic heterocycles. The number of carbonyl (C=O) groups excluding carboxylic acids is 2. The van der Waals surface area contributed by atoms with Crippen LogP contribution in [0.25, 0.3) is 0 Å². The zero-order valence-electron chi connectivity index (χ0n) is 14.9. The van der Waals surface area contributed by atoms with Crippen molar-refractivity contribution in [3.8, 4) is 0 Å². The highest BCUT2D eigenvalue weighted by atomic mass is 16.2. The molecule has 1 aromatic carbocycles. The first kappa shape index (κ1) is 16.6. The van der Waals surface area contributed by atoms with Crippen molar-refractivity contribution in [1.29, 1.82) is 0 Å². The molecular formula is C20H27N3O2. The van der Waals surface area contributed by atoms with Gasteiger partial charge in [0.05, 0.1) is 0 Å². The normalized spacial score (nSPS) is 30.0. The number of amides is 2. The highest BCUT2D eigenvalue weighted by Crippen LogP contribution is 2.48. The van der Waals surface area contributed by atoms with Gasteiger partial charge >= 0.3 is 0 Å². The largest absolute Gasteiger partial charge is 0.366 e. The number of hydrogen-bond acceptors (Lipinski definition) is 3. The van der Waals surface area contributed by atoms with Crippen LogP contribution in [-0.2, 0) is 4.79 Å². The maximum absolute atomic E-state index is 12.9. The summed E-state index contributed by atoms with van der Waals surface area (Å²) in [6.07, 6.45) is 4.88. The molecule has 3 aliphatic rings. The Hall–Kier alpha value is -1.88. The number of rotatable bonds is 4. The molecule has 5 heteroatoms. The van der Waals surface area contributed by atoms with Crippen LogP contribution in [0.5, 0.6) is 0 Å². The minimum absolute atomic E-state index is 0.0746. The topological polar surface area (TPSA) is 66.6 Å². The summed E-state index contributed by atoms with van der Waals surface area (Å²) in [4.78, 5) is 28.9. The molecule has 1 unspecified atom stereocenters. The van der Waals surface area contributed by atoms with E-state index < -0.39 is 5.91 Å². The third-order valence-corrected chi connectivity index (χ3v) is 6.24. The second kappa shape index (κ2) is 6.45. The fourth-order valence-electron chi connectivity index (χ4n) is 4.43. The Balaban J connectivity index is 1.37. The van der Waals surface area contributed by atoms with Crippen LogP contribution in [0.3, 0.4) is 0 Å². The van der Waals surface area contributed by atoms with Crippen molar-refractivity contribution in [3.05, 3.63) is 35.4 Å². The number of nitrogens with zero attached hydrogens (tertiary/aromatic N) is 2. The maximum atomic E-state index is 12.9. The SMILES string of the molecule is C[C@H]1CN(C(=O)[C@H]2CC2c2cccc(C(N)=O)c2)CCN1C1CCC1. The Morgan fingerprint density at radius 2 is 2.00 bits per heavy atom.